The van der Waals surface area contributed by atoms with Gasteiger partial charge in [-0.25, -0.2) is 9.97 Å². The zero-order valence-corrected chi connectivity index (χ0v) is 17.5. The quantitative estimate of drug-likeness (QED) is 0.485. The molecule has 2 aromatic carbocycles. The lowest BCUT2D eigenvalue weighted by molar-refractivity contribution is 0.264. The Morgan fingerprint density at radius 3 is 2.66 bits per heavy atom. The third kappa shape index (κ3) is 3.88. The molecule has 4 aromatic rings. The average Bonchev–Trinajstić information content (AvgIpc) is 2.71. The number of rotatable bonds is 5. The molecule has 0 atom stereocenters. The van der Waals surface area contributed by atoms with Crippen molar-refractivity contribution in [3.05, 3.63) is 80.5 Å². The highest BCUT2D eigenvalue weighted by Gasteiger charge is 2.13. The number of halogens is 1. The fourth-order valence-corrected chi connectivity index (χ4v) is 3.76. The topological polar surface area (TPSA) is 61.9 Å². The van der Waals surface area contributed by atoms with E-state index in [0.29, 0.717) is 35.0 Å². The number of H-pyrrole nitrogens is 1. The molecular formula is C23H23ClN4O. The highest BCUT2D eigenvalue weighted by atomic mass is 35.5. The van der Waals surface area contributed by atoms with Crippen LogP contribution in [0.2, 0.25) is 5.15 Å². The molecule has 2 heterocycles. The number of hydrogen-bond acceptors (Lipinski definition) is 4. The van der Waals surface area contributed by atoms with Crippen LogP contribution in [0.25, 0.3) is 21.8 Å². The number of hydrogen-bond donors (Lipinski definition) is 1. The molecule has 0 aliphatic heterocycles. The van der Waals surface area contributed by atoms with E-state index in [2.05, 4.69) is 58.8 Å². The van der Waals surface area contributed by atoms with Crippen LogP contribution in [-0.2, 0) is 13.1 Å². The van der Waals surface area contributed by atoms with E-state index in [0.717, 1.165) is 28.6 Å². The predicted molar refractivity (Wildman–Crippen MR) is 118 cm³/mol. The lowest BCUT2D eigenvalue weighted by Gasteiger charge is -2.21. The predicted octanol–water partition coefficient (Wildman–Crippen LogP) is 4.76. The minimum absolute atomic E-state index is 0.113. The van der Waals surface area contributed by atoms with E-state index in [9.17, 15) is 4.79 Å². The van der Waals surface area contributed by atoms with Crippen molar-refractivity contribution < 1.29 is 0 Å². The molecule has 0 spiro atoms. The highest BCUT2D eigenvalue weighted by Crippen LogP contribution is 2.26. The van der Waals surface area contributed by atoms with Crippen molar-refractivity contribution >= 4 is 33.4 Å². The molecule has 0 fully saturated rings. The maximum Gasteiger partial charge on any atom is 0.258 e. The SMILES string of the molecule is CCN(Cc1nc2ccccc2c(=O)[nH]1)Cc1cc2ccc(C)c(C)c2nc1Cl. The van der Waals surface area contributed by atoms with Gasteiger partial charge in [0, 0.05) is 17.5 Å². The lowest BCUT2D eigenvalue weighted by Crippen LogP contribution is -2.25. The molecule has 0 bridgehead atoms. The minimum Gasteiger partial charge on any atom is -0.309 e. The molecule has 0 aliphatic rings. The van der Waals surface area contributed by atoms with Gasteiger partial charge in [-0.1, -0.05) is 42.8 Å². The Morgan fingerprint density at radius 1 is 1.07 bits per heavy atom. The second-order valence-electron chi connectivity index (χ2n) is 7.35. The first-order valence-corrected chi connectivity index (χ1v) is 10.1. The third-order valence-corrected chi connectivity index (χ3v) is 5.74. The molecule has 0 saturated carbocycles. The first-order valence-electron chi connectivity index (χ1n) is 9.72. The molecule has 0 unspecified atom stereocenters. The number of aromatic amines is 1. The van der Waals surface area contributed by atoms with Gasteiger partial charge in [0.2, 0.25) is 0 Å². The summed E-state index contributed by atoms with van der Waals surface area (Å²) in [5, 5.41) is 2.21. The maximum absolute atomic E-state index is 12.3. The molecular weight excluding hydrogens is 384 g/mol. The summed E-state index contributed by atoms with van der Waals surface area (Å²) in [6, 6.07) is 13.7. The van der Waals surface area contributed by atoms with Crippen LogP contribution < -0.4 is 5.56 Å². The summed E-state index contributed by atoms with van der Waals surface area (Å²) < 4.78 is 0. The van der Waals surface area contributed by atoms with Gasteiger partial charge >= 0.3 is 0 Å². The summed E-state index contributed by atoms with van der Waals surface area (Å²) in [4.78, 5) is 26.7. The van der Waals surface area contributed by atoms with Crippen molar-refractivity contribution in [1.82, 2.24) is 19.9 Å². The zero-order chi connectivity index (χ0) is 20.5. The van der Waals surface area contributed by atoms with Gasteiger partial charge in [0.25, 0.3) is 5.56 Å². The fourth-order valence-electron chi connectivity index (χ4n) is 3.56. The van der Waals surface area contributed by atoms with Gasteiger partial charge in [-0.05, 0) is 49.7 Å². The van der Waals surface area contributed by atoms with E-state index >= 15 is 0 Å². The van der Waals surface area contributed by atoms with E-state index in [1.54, 1.807) is 6.07 Å². The summed E-state index contributed by atoms with van der Waals surface area (Å²) in [6.07, 6.45) is 0. The lowest BCUT2D eigenvalue weighted by atomic mass is 10.0. The molecule has 1 N–H and O–H groups in total. The standard InChI is InChI=1S/C23H23ClN4O/c1-4-28(13-20-25-19-8-6-5-7-18(19)23(29)26-20)12-17-11-16-10-9-14(2)15(3)21(16)27-22(17)24/h5-11H,4,12-13H2,1-3H3,(H,25,26,29). The van der Waals surface area contributed by atoms with E-state index in [1.807, 2.05) is 18.2 Å². The number of aromatic nitrogens is 3. The average molecular weight is 407 g/mol. The number of fused-ring (bicyclic) bond motifs is 2. The number of nitrogens with one attached hydrogen (secondary N) is 1. The van der Waals surface area contributed by atoms with Gasteiger partial charge in [-0.2, -0.15) is 0 Å². The smallest absolute Gasteiger partial charge is 0.258 e. The Kier molecular flexibility index (Phi) is 5.35. The Morgan fingerprint density at radius 2 is 1.86 bits per heavy atom. The molecule has 6 heteroatoms. The van der Waals surface area contributed by atoms with Crippen molar-refractivity contribution in [2.45, 2.75) is 33.9 Å². The van der Waals surface area contributed by atoms with E-state index in [1.165, 1.54) is 5.56 Å². The Bertz CT molecular complexity index is 1270. The minimum atomic E-state index is -0.113. The van der Waals surface area contributed by atoms with Crippen LogP contribution in [0.15, 0.2) is 47.3 Å². The molecule has 4 rings (SSSR count). The van der Waals surface area contributed by atoms with Crippen molar-refractivity contribution in [3.63, 3.8) is 0 Å². The molecule has 0 amide bonds. The van der Waals surface area contributed by atoms with Gasteiger partial charge in [0.1, 0.15) is 11.0 Å². The summed E-state index contributed by atoms with van der Waals surface area (Å²) >= 11 is 6.52. The molecule has 5 nitrogen and oxygen atoms in total. The second kappa shape index (κ2) is 7.93. The van der Waals surface area contributed by atoms with Crippen LogP contribution in [-0.4, -0.2) is 26.4 Å². The first kappa shape index (κ1) is 19.6. The Hall–Kier alpha value is -2.76. The number of benzene rings is 2. The first-order chi connectivity index (χ1) is 14.0. The maximum atomic E-state index is 12.3. The van der Waals surface area contributed by atoms with Crippen LogP contribution in [0.5, 0.6) is 0 Å². The van der Waals surface area contributed by atoms with Gasteiger partial charge in [-0.3, -0.25) is 9.69 Å². The van der Waals surface area contributed by atoms with Crippen molar-refractivity contribution in [3.8, 4) is 0 Å². The zero-order valence-electron chi connectivity index (χ0n) is 16.8. The van der Waals surface area contributed by atoms with Crippen molar-refractivity contribution in [2.75, 3.05) is 6.54 Å². The van der Waals surface area contributed by atoms with E-state index in [-0.39, 0.29) is 5.56 Å². The summed E-state index contributed by atoms with van der Waals surface area (Å²) in [5.74, 6) is 0.645. The summed E-state index contributed by atoms with van der Waals surface area (Å²) in [5.41, 5.74) is 4.86. The van der Waals surface area contributed by atoms with Crippen LogP contribution in [0.4, 0.5) is 0 Å². The van der Waals surface area contributed by atoms with E-state index < -0.39 is 0 Å². The van der Waals surface area contributed by atoms with Crippen LogP contribution in [0, 0.1) is 13.8 Å². The number of aryl methyl sites for hydroxylation is 2. The molecule has 0 aliphatic carbocycles. The number of pyridine rings is 1. The van der Waals surface area contributed by atoms with Gasteiger partial charge in [0.15, 0.2) is 0 Å². The van der Waals surface area contributed by atoms with Gasteiger partial charge in [0.05, 0.1) is 23.0 Å². The fraction of sp³-hybridized carbons (Fsp3) is 0.261. The molecule has 0 radical (unpaired) electrons. The van der Waals surface area contributed by atoms with Crippen LogP contribution in [0.3, 0.4) is 0 Å². The second-order valence-corrected chi connectivity index (χ2v) is 7.71. The number of para-hydroxylation sites is 1. The van der Waals surface area contributed by atoms with Crippen molar-refractivity contribution in [2.24, 2.45) is 0 Å². The Balaban J connectivity index is 1.63. The van der Waals surface area contributed by atoms with Crippen molar-refractivity contribution in [1.29, 1.82) is 0 Å². The summed E-state index contributed by atoms with van der Waals surface area (Å²) in [7, 11) is 0. The molecule has 148 valence electrons. The molecule has 2 aromatic heterocycles. The molecule has 0 saturated heterocycles. The Labute approximate surface area is 174 Å². The van der Waals surface area contributed by atoms with Crippen LogP contribution in [0.1, 0.15) is 29.4 Å². The monoisotopic (exact) mass is 406 g/mol. The van der Waals surface area contributed by atoms with E-state index in [4.69, 9.17) is 11.6 Å². The van der Waals surface area contributed by atoms with Gasteiger partial charge < -0.3 is 4.98 Å². The largest absolute Gasteiger partial charge is 0.309 e. The normalized spacial score (nSPS) is 11.6. The number of nitrogens with zero attached hydrogens (tertiary/aromatic N) is 3. The molecule has 29 heavy (non-hydrogen) atoms. The summed E-state index contributed by atoms with van der Waals surface area (Å²) in [6.45, 7) is 8.17. The van der Waals surface area contributed by atoms with Gasteiger partial charge in [-0.15, -0.1) is 0 Å². The van der Waals surface area contributed by atoms with Crippen LogP contribution >= 0.6 is 11.6 Å². The highest BCUT2D eigenvalue weighted by molar-refractivity contribution is 6.30. The third-order valence-electron chi connectivity index (χ3n) is 5.41.